The number of ether oxygens (including phenoxy) is 1. The van der Waals surface area contributed by atoms with E-state index in [1.807, 2.05) is 6.07 Å². The lowest BCUT2D eigenvalue weighted by molar-refractivity contribution is -0.384. The van der Waals surface area contributed by atoms with E-state index in [-0.39, 0.29) is 22.8 Å². The summed E-state index contributed by atoms with van der Waals surface area (Å²) in [6, 6.07) is 10.9. The van der Waals surface area contributed by atoms with Crippen molar-refractivity contribution < 1.29 is 14.5 Å². The molecule has 0 amide bonds. The lowest BCUT2D eigenvalue weighted by Gasteiger charge is -2.08. The van der Waals surface area contributed by atoms with Crippen LogP contribution in [0.15, 0.2) is 36.4 Å². The number of ketones is 1. The van der Waals surface area contributed by atoms with E-state index >= 15 is 0 Å². The van der Waals surface area contributed by atoms with Crippen molar-refractivity contribution in [3.05, 3.63) is 63.2 Å². The van der Waals surface area contributed by atoms with Crippen LogP contribution >= 0.6 is 0 Å². The van der Waals surface area contributed by atoms with Crippen LogP contribution in [0, 0.1) is 21.4 Å². The number of hydrogen-bond acceptors (Lipinski definition) is 5. The van der Waals surface area contributed by atoms with Crippen LogP contribution in [0.3, 0.4) is 0 Å². The molecular formula is C16H10N2O4. The van der Waals surface area contributed by atoms with Crippen LogP contribution in [-0.2, 0) is 6.42 Å². The number of hydrogen-bond donors (Lipinski definition) is 0. The van der Waals surface area contributed by atoms with E-state index < -0.39 is 4.92 Å². The molecule has 1 aliphatic carbocycles. The second-order valence-corrected chi connectivity index (χ2v) is 4.89. The van der Waals surface area contributed by atoms with Gasteiger partial charge < -0.3 is 4.74 Å². The summed E-state index contributed by atoms with van der Waals surface area (Å²) in [4.78, 5) is 21.7. The van der Waals surface area contributed by atoms with E-state index in [1.165, 1.54) is 18.2 Å². The second-order valence-electron chi connectivity index (χ2n) is 4.89. The van der Waals surface area contributed by atoms with Gasteiger partial charge in [-0.25, -0.2) is 0 Å². The summed E-state index contributed by atoms with van der Waals surface area (Å²) in [5.74, 6) is 0.866. The van der Waals surface area contributed by atoms with Crippen LogP contribution in [0.25, 0.3) is 0 Å². The lowest BCUT2D eigenvalue weighted by atomic mass is 10.1. The van der Waals surface area contributed by atoms with Crippen LogP contribution in [0.4, 0.5) is 5.69 Å². The van der Waals surface area contributed by atoms with Gasteiger partial charge in [-0.1, -0.05) is 0 Å². The molecule has 0 spiro atoms. The number of carbonyl (C=O) groups is 1. The largest absolute Gasteiger partial charge is 0.456 e. The summed E-state index contributed by atoms with van der Waals surface area (Å²) in [5, 5.41) is 19.8. The lowest BCUT2D eigenvalue weighted by Crippen LogP contribution is -1.94. The Morgan fingerprint density at radius 1 is 1.18 bits per heavy atom. The summed E-state index contributed by atoms with van der Waals surface area (Å²) in [5.41, 5.74) is 1.55. The van der Waals surface area contributed by atoms with Gasteiger partial charge in [-0.15, -0.1) is 0 Å². The molecule has 6 heteroatoms. The van der Waals surface area contributed by atoms with Gasteiger partial charge in [-0.05, 0) is 36.2 Å². The van der Waals surface area contributed by atoms with E-state index in [9.17, 15) is 14.9 Å². The standard InChI is InChI=1S/C16H10N2O4/c17-9-11-7-12(18(20)21)2-6-16(11)22-13-3-4-14-10(8-13)1-5-15(14)19/h2-4,6-8H,1,5H2. The molecule has 3 rings (SSSR count). The number of benzene rings is 2. The molecule has 22 heavy (non-hydrogen) atoms. The average molecular weight is 294 g/mol. The predicted molar refractivity (Wildman–Crippen MR) is 77.0 cm³/mol. The first-order chi connectivity index (χ1) is 10.6. The molecule has 0 heterocycles. The Hall–Kier alpha value is -3.20. The summed E-state index contributed by atoms with van der Waals surface area (Å²) in [6.07, 6.45) is 1.18. The zero-order valence-corrected chi connectivity index (χ0v) is 11.4. The number of Topliss-reactive ketones (excluding diaryl/α,β-unsaturated/α-hetero) is 1. The van der Waals surface area contributed by atoms with Crippen LogP contribution < -0.4 is 4.74 Å². The highest BCUT2D eigenvalue weighted by Gasteiger charge is 2.20. The van der Waals surface area contributed by atoms with E-state index in [1.54, 1.807) is 18.2 Å². The molecule has 108 valence electrons. The number of aryl methyl sites for hydroxylation is 1. The molecule has 1 aliphatic rings. The molecule has 2 aromatic rings. The van der Waals surface area contributed by atoms with E-state index in [4.69, 9.17) is 10.00 Å². The van der Waals surface area contributed by atoms with Crippen molar-refractivity contribution in [1.29, 1.82) is 5.26 Å². The third kappa shape index (κ3) is 2.40. The van der Waals surface area contributed by atoms with Crippen molar-refractivity contribution in [2.45, 2.75) is 12.8 Å². The third-order valence-corrected chi connectivity index (χ3v) is 3.52. The molecule has 0 unspecified atom stereocenters. The Labute approximate surface area is 125 Å². The number of carbonyl (C=O) groups excluding carboxylic acids is 1. The number of nitriles is 1. The fourth-order valence-electron chi connectivity index (χ4n) is 2.43. The number of fused-ring (bicyclic) bond motifs is 1. The first kappa shape index (κ1) is 13.8. The number of nitro groups is 1. The van der Waals surface area contributed by atoms with Gasteiger partial charge in [0.2, 0.25) is 0 Å². The minimum Gasteiger partial charge on any atom is -0.456 e. The Morgan fingerprint density at radius 3 is 2.73 bits per heavy atom. The predicted octanol–water partition coefficient (Wildman–Crippen LogP) is 3.39. The third-order valence-electron chi connectivity index (χ3n) is 3.52. The topological polar surface area (TPSA) is 93.2 Å². The molecule has 0 bridgehead atoms. The molecule has 0 saturated carbocycles. The highest BCUT2D eigenvalue weighted by molar-refractivity contribution is 6.00. The maximum absolute atomic E-state index is 11.6. The second kappa shape index (κ2) is 5.30. The monoisotopic (exact) mass is 294 g/mol. The SMILES string of the molecule is N#Cc1cc([N+](=O)[O-])ccc1Oc1ccc2c(c1)CCC2=O. The van der Waals surface area contributed by atoms with Gasteiger partial charge in [-0.3, -0.25) is 14.9 Å². The number of nitrogens with zero attached hydrogens (tertiary/aromatic N) is 2. The summed E-state index contributed by atoms with van der Waals surface area (Å²) >= 11 is 0. The molecule has 0 atom stereocenters. The van der Waals surface area contributed by atoms with Crippen LogP contribution in [0.2, 0.25) is 0 Å². The fourth-order valence-corrected chi connectivity index (χ4v) is 2.43. The van der Waals surface area contributed by atoms with Crippen LogP contribution in [0.1, 0.15) is 27.9 Å². The average Bonchev–Trinajstić information content (AvgIpc) is 2.88. The molecule has 0 aliphatic heterocycles. The molecule has 0 fully saturated rings. The summed E-state index contributed by atoms with van der Waals surface area (Å²) in [7, 11) is 0. The van der Waals surface area contributed by atoms with Gasteiger partial charge in [-0.2, -0.15) is 5.26 Å². The quantitative estimate of drug-likeness (QED) is 0.639. The first-order valence-corrected chi connectivity index (χ1v) is 6.61. The first-order valence-electron chi connectivity index (χ1n) is 6.61. The van der Waals surface area contributed by atoms with E-state index in [0.717, 1.165) is 5.56 Å². The summed E-state index contributed by atoms with van der Waals surface area (Å²) < 4.78 is 5.64. The smallest absolute Gasteiger partial charge is 0.271 e. The van der Waals surface area contributed by atoms with Gasteiger partial charge in [0, 0.05) is 24.1 Å². The van der Waals surface area contributed by atoms with Crippen molar-refractivity contribution in [2.24, 2.45) is 0 Å². The van der Waals surface area contributed by atoms with E-state index in [0.29, 0.717) is 24.2 Å². The maximum atomic E-state index is 11.6. The molecule has 0 N–H and O–H groups in total. The maximum Gasteiger partial charge on any atom is 0.271 e. The van der Waals surface area contributed by atoms with E-state index in [2.05, 4.69) is 0 Å². The van der Waals surface area contributed by atoms with Crippen molar-refractivity contribution >= 4 is 11.5 Å². The molecule has 6 nitrogen and oxygen atoms in total. The number of non-ortho nitro benzene ring substituents is 1. The Bertz CT molecular complexity index is 837. The molecule has 0 radical (unpaired) electrons. The van der Waals surface area contributed by atoms with Crippen molar-refractivity contribution in [3.63, 3.8) is 0 Å². The molecule has 0 aromatic heterocycles. The summed E-state index contributed by atoms with van der Waals surface area (Å²) in [6.45, 7) is 0. The molecule has 0 saturated heterocycles. The zero-order valence-electron chi connectivity index (χ0n) is 11.4. The minimum atomic E-state index is -0.564. The Balaban J connectivity index is 1.92. The highest BCUT2D eigenvalue weighted by Crippen LogP contribution is 2.31. The molecule has 2 aromatic carbocycles. The van der Waals surface area contributed by atoms with Crippen LogP contribution in [0.5, 0.6) is 11.5 Å². The highest BCUT2D eigenvalue weighted by atomic mass is 16.6. The number of nitro benzene ring substituents is 1. The van der Waals surface area contributed by atoms with Gasteiger partial charge in [0.25, 0.3) is 5.69 Å². The Kier molecular flexibility index (Phi) is 3.31. The zero-order chi connectivity index (χ0) is 15.7. The van der Waals surface area contributed by atoms with Crippen molar-refractivity contribution in [2.75, 3.05) is 0 Å². The minimum absolute atomic E-state index is 0.0887. The normalized spacial score (nSPS) is 12.6. The fraction of sp³-hybridized carbons (Fsp3) is 0.125. The van der Waals surface area contributed by atoms with Crippen molar-refractivity contribution in [1.82, 2.24) is 0 Å². The van der Waals surface area contributed by atoms with Gasteiger partial charge >= 0.3 is 0 Å². The molecular weight excluding hydrogens is 284 g/mol. The van der Waals surface area contributed by atoms with Gasteiger partial charge in [0.05, 0.1) is 4.92 Å². The van der Waals surface area contributed by atoms with Gasteiger partial charge in [0.15, 0.2) is 5.78 Å². The van der Waals surface area contributed by atoms with Crippen LogP contribution in [-0.4, -0.2) is 10.7 Å². The Morgan fingerprint density at radius 2 is 2.00 bits per heavy atom. The number of rotatable bonds is 3. The van der Waals surface area contributed by atoms with Gasteiger partial charge in [0.1, 0.15) is 23.1 Å². The van der Waals surface area contributed by atoms with Crippen molar-refractivity contribution in [3.8, 4) is 17.6 Å².